The van der Waals surface area contributed by atoms with Crippen LogP contribution in [0.5, 0.6) is 0 Å². The van der Waals surface area contributed by atoms with Crippen LogP contribution < -0.4 is 0 Å². The molecule has 1 aliphatic rings. The quantitative estimate of drug-likeness (QED) is 0.746. The zero-order valence-electron chi connectivity index (χ0n) is 13.1. The summed E-state index contributed by atoms with van der Waals surface area (Å²) >= 11 is 0. The first-order valence-electron chi connectivity index (χ1n) is 7.50. The fraction of sp³-hybridized carbons (Fsp3) is 0.562. The third kappa shape index (κ3) is 4.30. The van der Waals surface area contributed by atoms with Crippen LogP contribution in [-0.2, 0) is 14.6 Å². The van der Waals surface area contributed by atoms with E-state index in [1.54, 1.807) is 18.1 Å². The Morgan fingerprint density at radius 1 is 1.41 bits per heavy atom. The lowest BCUT2D eigenvalue weighted by molar-refractivity contribution is 0.0674. The molecule has 0 N–H and O–H groups in total. The Kier molecular flexibility index (Phi) is 5.58. The maximum atomic E-state index is 12.8. The molecule has 1 saturated heterocycles. The molecule has 2 rings (SSSR count). The Balaban J connectivity index is 2.18. The molecule has 1 aromatic rings. The normalized spacial score (nSPS) is 20.0. The molecular formula is C16H23NO4S. The first-order valence-corrected chi connectivity index (χ1v) is 9.32. The second kappa shape index (κ2) is 7.24. The lowest BCUT2D eigenvalue weighted by Crippen LogP contribution is -2.42. The van der Waals surface area contributed by atoms with Crippen molar-refractivity contribution < 1.29 is 17.9 Å². The molecule has 1 unspecified atom stereocenters. The molecule has 5 nitrogen and oxygen atoms in total. The second-order valence-corrected chi connectivity index (χ2v) is 8.00. The lowest BCUT2D eigenvalue weighted by Gasteiger charge is -2.28. The van der Waals surface area contributed by atoms with E-state index >= 15 is 0 Å². The molecule has 1 aliphatic heterocycles. The summed E-state index contributed by atoms with van der Waals surface area (Å²) in [5, 5.41) is 0. The molecule has 0 aliphatic carbocycles. The fourth-order valence-electron chi connectivity index (χ4n) is 2.79. The number of carbonyl (C=O) groups excluding carboxylic acids is 1. The molecule has 0 spiro atoms. The van der Waals surface area contributed by atoms with Crippen LogP contribution in [0.2, 0.25) is 0 Å². The van der Waals surface area contributed by atoms with Crippen LogP contribution in [0.3, 0.4) is 0 Å². The second-order valence-electron chi connectivity index (χ2n) is 5.77. The smallest absolute Gasteiger partial charge is 0.254 e. The van der Waals surface area contributed by atoms with Crippen molar-refractivity contribution in [1.29, 1.82) is 0 Å². The molecule has 1 heterocycles. The third-order valence-corrected chi connectivity index (χ3v) is 5.67. The summed E-state index contributed by atoms with van der Waals surface area (Å²) in [6, 6.07) is 7.18. The van der Waals surface area contributed by atoms with Crippen LogP contribution in [0.1, 0.15) is 28.8 Å². The van der Waals surface area contributed by atoms with E-state index in [1.807, 2.05) is 25.1 Å². The molecular weight excluding hydrogens is 302 g/mol. The summed E-state index contributed by atoms with van der Waals surface area (Å²) in [4.78, 5) is 14.5. The van der Waals surface area contributed by atoms with E-state index < -0.39 is 9.84 Å². The number of benzene rings is 1. The molecule has 0 saturated carbocycles. The highest BCUT2D eigenvalue weighted by Gasteiger charge is 2.34. The fourth-order valence-corrected chi connectivity index (χ4v) is 4.52. The molecule has 6 heteroatoms. The highest BCUT2D eigenvalue weighted by atomic mass is 32.2. The maximum absolute atomic E-state index is 12.8. The molecule has 1 amide bonds. The van der Waals surface area contributed by atoms with Crippen molar-refractivity contribution in [2.75, 3.05) is 31.8 Å². The van der Waals surface area contributed by atoms with Crippen LogP contribution in [-0.4, -0.2) is 57.0 Å². The minimum absolute atomic E-state index is 0.0670. The van der Waals surface area contributed by atoms with Crippen molar-refractivity contribution in [2.24, 2.45) is 0 Å². The van der Waals surface area contributed by atoms with E-state index in [2.05, 4.69) is 0 Å². The number of hydrogen-bond acceptors (Lipinski definition) is 4. The van der Waals surface area contributed by atoms with Gasteiger partial charge in [-0.3, -0.25) is 4.79 Å². The minimum Gasteiger partial charge on any atom is -0.385 e. The van der Waals surface area contributed by atoms with Gasteiger partial charge in [0, 0.05) is 31.9 Å². The van der Waals surface area contributed by atoms with Crippen LogP contribution >= 0.6 is 0 Å². The number of aryl methyl sites for hydroxylation is 1. The minimum atomic E-state index is -3.02. The zero-order valence-corrected chi connectivity index (χ0v) is 13.9. The predicted molar refractivity (Wildman–Crippen MR) is 85.8 cm³/mol. The van der Waals surface area contributed by atoms with Crippen LogP contribution in [0, 0.1) is 6.92 Å². The van der Waals surface area contributed by atoms with Gasteiger partial charge < -0.3 is 9.64 Å². The molecule has 0 aromatic heterocycles. The number of sulfone groups is 1. The van der Waals surface area contributed by atoms with Gasteiger partial charge in [-0.1, -0.05) is 17.7 Å². The number of nitrogens with zero attached hydrogens (tertiary/aromatic N) is 1. The monoisotopic (exact) mass is 325 g/mol. The Labute approximate surface area is 132 Å². The highest BCUT2D eigenvalue weighted by Crippen LogP contribution is 2.20. The number of amides is 1. The van der Waals surface area contributed by atoms with Crippen molar-refractivity contribution in [2.45, 2.75) is 25.8 Å². The first-order chi connectivity index (χ1) is 10.4. The van der Waals surface area contributed by atoms with E-state index in [-0.39, 0.29) is 23.5 Å². The lowest BCUT2D eigenvalue weighted by atomic mass is 10.1. The van der Waals surface area contributed by atoms with Gasteiger partial charge in [0.25, 0.3) is 5.91 Å². The number of methoxy groups -OCH3 is 1. The van der Waals surface area contributed by atoms with Gasteiger partial charge in [0.1, 0.15) is 0 Å². The van der Waals surface area contributed by atoms with Gasteiger partial charge in [0.2, 0.25) is 0 Å². The van der Waals surface area contributed by atoms with Crippen molar-refractivity contribution in [1.82, 2.24) is 4.90 Å². The average molecular weight is 325 g/mol. The van der Waals surface area contributed by atoms with E-state index in [9.17, 15) is 13.2 Å². The van der Waals surface area contributed by atoms with Crippen molar-refractivity contribution in [3.05, 3.63) is 35.4 Å². The van der Waals surface area contributed by atoms with Crippen molar-refractivity contribution >= 4 is 15.7 Å². The van der Waals surface area contributed by atoms with Gasteiger partial charge >= 0.3 is 0 Å². The summed E-state index contributed by atoms with van der Waals surface area (Å²) < 4.78 is 28.5. The van der Waals surface area contributed by atoms with Gasteiger partial charge in [-0.15, -0.1) is 0 Å². The van der Waals surface area contributed by atoms with E-state index in [1.165, 1.54) is 0 Å². The number of hydrogen-bond donors (Lipinski definition) is 0. The largest absolute Gasteiger partial charge is 0.385 e. The van der Waals surface area contributed by atoms with E-state index in [0.29, 0.717) is 31.6 Å². The van der Waals surface area contributed by atoms with Gasteiger partial charge in [-0.05, 0) is 31.9 Å². The summed E-state index contributed by atoms with van der Waals surface area (Å²) in [6.07, 6.45) is 1.22. The topological polar surface area (TPSA) is 63.7 Å². The van der Waals surface area contributed by atoms with Crippen molar-refractivity contribution in [3.63, 3.8) is 0 Å². The van der Waals surface area contributed by atoms with Crippen molar-refractivity contribution in [3.8, 4) is 0 Å². The molecule has 1 aromatic carbocycles. The number of ether oxygens (including phenoxy) is 1. The third-order valence-electron chi connectivity index (χ3n) is 3.92. The summed E-state index contributed by atoms with van der Waals surface area (Å²) in [6.45, 7) is 3.00. The molecule has 0 bridgehead atoms. The Bertz CT molecular complexity index is 627. The highest BCUT2D eigenvalue weighted by molar-refractivity contribution is 7.91. The number of carbonyl (C=O) groups is 1. The van der Waals surface area contributed by atoms with Crippen LogP contribution in [0.15, 0.2) is 24.3 Å². The Morgan fingerprint density at radius 2 is 2.18 bits per heavy atom. The molecule has 122 valence electrons. The summed E-state index contributed by atoms with van der Waals surface area (Å²) in [5.74, 6) is 0.138. The average Bonchev–Trinajstić information content (AvgIpc) is 2.83. The van der Waals surface area contributed by atoms with Crippen LogP contribution in [0.4, 0.5) is 0 Å². The molecule has 1 atom stereocenters. The summed E-state index contributed by atoms with van der Waals surface area (Å²) in [5.41, 5.74) is 1.63. The van der Waals surface area contributed by atoms with Gasteiger partial charge in [0.05, 0.1) is 11.5 Å². The van der Waals surface area contributed by atoms with E-state index in [0.717, 1.165) is 5.56 Å². The SMILES string of the molecule is COCCCN(C(=O)c1cccc(C)c1)C1CCS(=O)(=O)C1. The zero-order chi connectivity index (χ0) is 16.2. The van der Waals surface area contributed by atoms with Crippen LogP contribution in [0.25, 0.3) is 0 Å². The molecule has 22 heavy (non-hydrogen) atoms. The molecule has 1 fully saturated rings. The summed E-state index contributed by atoms with van der Waals surface area (Å²) in [7, 11) is -1.40. The predicted octanol–water partition coefficient (Wildman–Crippen LogP) is 1.66. The Morgan fingerprint density at radius 3 is 2.77 bits per heavy atom. The standard InChI is InChI=1S/C16H23NO4S/c1-13-5-3-6-14(11-13)16(18)17(8-4-9-21-2)15-7-10-22(19,20)12-15/h3,5-6,11,15H,4,7-10,12H2,1-2H3. The van der Waals surface area contributed by atoms with Gasteiger partial charge in [-0.2, -0.15) is 0 Å². The maximum Gasteiger partial charge on any atom is 0.254 e. The number of rotatable bonds is 6. The first kappa shape index (κ1) is 17.0. The van der Waals surface area contributed by atoms with Gasteiger partial charge in [0.15, 0.2) is 9.84 Å². The molecule has 0 radical (unpaired) electrons. The Hall–Kier alpha value is -1.40. The van der Waals surface area contributed by atoms with Gasteiger partial charge in [-0.25, -0.2) is 8.42 Å². The van der Waals surface area contributed by atoms with E-state index in [4.69, 9.17) is 4.74 Å².